The van der Waals surface area contributed by atoms with E-state index in [2.05, 4.69) is 15.5 Å². The molecule has 2 rings (SSSR count). The lowest BCUT2D eigenvalue weighted by atomic mass is 10.00. The summed E-state index contributed by atoms with van der Waals surface area (Å²) >= 11 is 0. The van der Waals surface area contributed by atoms with Crippen LogP contribution in [0.4, 0.5) is 0 Å². The predicted molar refractivity (Wildman–Crippen MR) is 123 cm³/mol. The van der Waals surface area contributed by atoms with Gasteiger partial charge in [0.2, 0.25) is 11.8 Å². The maximum Gasteiger partial charge on any atom is 0.234 e. The molecule has 2 unspecified atom stereocenters. The van der Waals surface area contributed by atoms with Crippen molar-refractivity contribution < 1.29 is 23.9 Å². The second-order valence-corrected chi connectivity index (χ2v) is 8.84. The molecule has 2 N–H and O–H groups in total. The minimum Gasteiger partial charge on any atom is -0.379 e. The van der Waals surface area contributed by atoms with Crippen LogP contribution in [0.5, 0.6) is 0 Å². The molecular formula is C23H42N4O5. The van der Waals surface area contributed by atoms with Crippen LogP contribution in [-0.2, 0) is 23.9 Å². The summed E-state index contributed by atoms with van der Waals surface area (Å²) in [5.74, 6) is 0.280. The number of rotatable bonds is 11. The summed E-state index contributed by atoms with van der Waals surface area (Å²) < 4.78 is 5.40. The van der Waals surface area contributed by atoms with Crippen molar-refractivity contribution >= 4 is 24.4 Å². The first-order valence-corrected chi connectivity index (χ1v) is 11.8. The van der Waals surface area contributed by atoms with Crippen molar-refractivity contribution in [3.8, 4) is 0 Å². The first kappa shape index (κ1) is 28.2. The normalized spacial score (nSPS) is 21.9. The van der Waals surface area contributed by atoms with Crippen LogP contribution in [0.25, 0.3) is 0 Å². The van der Waals surface area contributed by atoms with E-state index in [0.717, 1.165) is 64.3 Å². The molecule has 0 aromatic carbocycles. The minimum absolute atomic E-state index is 0.0200. The molecule has 9 heteroatoms. The molecular weight excluding hydrogens is 412 g/mol. The fourth-order valence-corrected chi connectivity index (χ4v) is 3.85. The van der Waals surface area contributed by atoms with Crippen LogP contribution in [-0.4, -0.2) is 99.8 Å². The van der Waals surface area contributed by atoms with E-state index < -0.39 is 0 Å². The number of hydrogen-bond donors (Lipinski definition) is 2. The third-order valence-corrected chi connectivity index (χ3v) is 5.58. The zero-order chi connectivity index (χ0) is 23.8. The van der Waals surface area contributed by atoms with Crippen LogP contribution < -0.4 is 10.6 Å². The summed E-state index contributed by atoms with van der Waals surface area (Å²) in [5, 5.41) is 5.46. The number of aldehydes is 2. The van der Waals surface area contributed by atoms with E-state index in [0.29, 0.717) is 32.8 Å². The quantitative estimate of drug-likeness (QED) is 0.345. The van der Waals surface area contributed by atoms with E-state index in [1.54, 1.807) is 7.05 Å². The number of hydrogen-bond acceptors (Lipinski definition) is 7. The van der Waals surface area contributed by atoms with Crippen molar-refractivity contribution in [1.82, 2.24) is 20.4 Å². The highest BCUT2D eigenvalue weighted by atomic mass is 16.5. The van der Waals surface area contributed by atoms with Gasteiger partial charge in [-0.05, 0) is 59.0 Å². The molecule has 0 aromatic heterocycles. The zero-order valence-corrected chi connectivity index (χ0v) is 20.0. The molecule has 0 saturated carbocycles. The van der Waals surface area contributed by atoms with Gasteiger partial charge in [-0.1, -0.05) is 0 Å². The average molecular weight is 455 g/mol. The van der Waals surface area contributed by atoms with Gasteiger partial charge in [0.15, 0.2) is 0 Å². The Labute approximate surface area is 192 Å². The van der Waals surface area contributed by atoms with Gasteiger partial charge >= 0.3 is 0 Å². The minimum atomic E-state index is 0.0200. The van der Waals surface area contributed by atoms with Gasteiger partial charge < -0.3 is 25.0 Å². The van der Waals surface area contributed by atoms with Crippen molar-refractivity contribution in [2.24, 2.45) is 11.8 Å². The first-order chi connectivity index (χ1) is 15.4. The number of likely N-dealkylation sites (N-methyl/N-ethyl adjacent to an activating group) is 1. The van der Waals surface area contributed by atoms with Crippen molar-refractivity contribution in [2.45, 2.75) is 52.1 Å². The van der Waals surface area contributed by atoms with E-state index in [9.17, 15) is 19.2 Å². The van der Waals surface area contributed by atoms with E-state index >= 15 is 0 Å². The van der Waals surface area contributed by atoms with Crippen molar-refractivity contribution in [1.29, 1.82) is 0 Å². The number of likely N-dealkylation sites (tertiary alicyclic amines) is 2. The van der Waals surface area contributed by atoms with Crippen LogP contribution in [0, 0.1) is 11.8 Å². The molecule has 9 nitrogen and oxygen atoms in total. The molecule has 2 aliphatic rings. The van der Waals surface area contributed by atoms with Crippen molar-refractivity contribution in [2.75, 3.05) is 59.5 Å². The van der Waals surface area contributed by atoms with Gasteiger partial charge in [-0.25, -0.2) is 0 Å². The number of carbonyl (C=O) groups excluding carboxylic acids is 4. The highest BCUT2D eigenvalue weighted by Gasteiger charge is 2.21. The van der Waals surface area contributed by atoms with E-state index in [1.165, 1.54) is 0 Å². The van der Waals surface area contributed by atoms with Gasteiger partial charge in [0.25, 0.3) is 0 Å². The lowest BCUT2D eigenvalue weighted by Gasteiger charge is -2.29. The standard InChI is InChI=1S/C14H26N2O3.C9H16N2O2/c1-12(2)19-8-4-6-15-14(18)10-16-7-3-5-13(9-16)11-17;1-10-9(13)6-11-4-2-3-8(5-11)7-12/h11-13H,3-10H2,1-2H3,(H,15,18);7-8H,2-6H2,1H3,(H,10,13). The molecule has 184 valence electrons. The molecule has 0 radical (unpaired) electrons. The Morgan fingerprint density at radius 2 is 1.50 bits per heavy atom. The Balaban J connectivity index is 0.000000343. The van der Waals surface area contributed by atoms with Gasteiger partial charge in [0.1, 0.15) is 12.6 Å². The Kier molecular flexibility index (Phi) is 14.8. The molecule has 2 atom stereocenters. The predicted octanol–water partition coefficient (Wildman–Crippen LogP) is 0.472. The summed E-state index contributed by atoms with van der Waals surface area (Å²) in [6.45, 7) is 9.43. The molecule has 0 aliphatic carbocycles. The molecule has 32 heavy (non-hydrogen) atoms. The van der Waals surface area contributed by atoms with Crippen LogP contribution in [0.15, 0.2) is 0 Å². The number of nitrogens with zero attached hydrogens (tertiary/aromatic N) is 2. The average Bonchev–Trinajstić information content (AvgIpc) is 2.79. The maximum absolute atomic E-state index is 11.7. The maximum atomic E-state index is 11.7. The number of carbonyl (C=O) groups is 4. The molecule has 2 heterocycles. The van der Waals surface area contributed by atoms with Gasteiger partial charge in [-0.2, -0.15) is 0 Å². The van der Waals surface area contributed by atoms with Crippen LogP contribution in [0.1, 0.15) is 46.0 Å². The summed E-state index contributed by atoms with van der Waals surface area (Å²) in [4.78, 5) is 48.1. The Morgan fingerprint density at radius 3 is 1.97 bits per heavy atom. The molecule has 2 aliphatic heterocycles. The van der Waals surface area contributed by atoms with E-state index in [4.69, 9.17) is 4.74 Å². The smallest absolute Gasteiger partial charge is 0.234 e. The molecule has 2 fully saturated rings. The third-order valence-electron chi connectivity index (χ3n) is 5.58. The number of nitrogens with one attached hydrogen (secondary N) is 2. The number of ether oxygens (including phenoxy) is 1. The zero-order valence-electron chi connectivity index (χ0n) is 20.0. The second kappa shape index (κ2) is 16.7. The van der Waals surface area contributed by atoms with Crippen molar-refractivity contribution in [3.05, 3.63) is 0 Å². The molecule has 0 bridgehead atoms. The highest BCUT2D eigenvalue weighted by Crippen LogP contribution is 2.14. The van der Waals surface area contributed by atoms with Gasteiger partial charge in [-0.3, -0.25) is 19.4 Å². The summed E-state index contributed by atoms with van der Waals surface area (Å²) in [6, 6.07) is 0. The third kappa shape index (κ3) is 12.9. The number of piperidine rings is 2. The fraction of sp³-hybridized carbons (Fsp3) is 0.826. The van der Waals surface area contributed by atoms with Gasteiger partial charge in [0, 0.05) is 45.1 Å². The van der Waals surface area contributed by atoms with Crippen molar-refractivity contribution in [3.63, 3.8) is 0 Å². The molecule has 2 amide bonds. The SMILES string of the molecule is CC(C)OCCCNC(=O)CN1CCCC(C=O)C1.CNC(=O)CN1CCCC(C=O)C1. The molecule has 2 saturated heterocycles. The van der Waals surface area contributed by atoms with Crippen LogP contribution in [0.3, 0.4) is 0 Å². The summed E-state index contributed by atoms with van der Waals surface area (Å²) in [6.07, 6.45) is 7.01. The Bertz CT molecular complexity index is 573. The van der Waals surface area contributed by atoms with Gasteiger partial charge in [-0.15, -0.1) is 0 Å². The number of amides is 2. The Morgan fingerprint density at radius 1 is 0.969 bits per heavy atom. The largest absolute Gasteiger partial charge is 0.379 e. The summed E-state index contributed by atoms with van der Waals surface area (Å²) in [7, 11) is 1.63. The molecule has 0 aromatic rings. The van der Waals surface area contributed by atoms with Crippen LogP contribution in [0.2, 0.25) is 0 Å². The topological polar surface area (TPSA) is 108 Å². The van der Waals surface area contributed by atoms with E-state index in [1.807, 2.05) is 18.7 Å². The lowest BCUT2D eigenvalue weighted by Crippen LogP contribution is -2.43. The fourth-order valence-electron chi connectivity index (χ4n) is 3.85. The highest BCUT2D eigenvalue weighted by molar-refractivity contribution is 5.78. The van der Waals surface area contributed by atoms with E-state index in [-0.39, 0.29) is 29.8 Å². The van der Waals surface area contributed by atoms with Gasteiger partial charge in [0.05, 0.1) is 19.2 Å². The Hall–Kier alpha value is -1.84. The molecule has 0 spiro atoms. The summed E-state index contributed by atoms with van der Waals surface area (Å²) in [5.41, 5.74) is 0. The first-order valence-electron chi connectivity index (χ1n) is 11.8. The second-order valence-electron chi connectivity index (χ2n) is 8.84. The van der Waals surface area contributed by atoms with Crippen LogP contribution >= 0.6 is 0 Å². The monoisotopic (exact) mass is 454 g/mol. The lowest BCUT2D eigenvalue weighted by molar-refractivity contribution is -0.124.